The third kappa shape index (κ3) is 4.01. The molecule has 1 unspecified atom stereocenters. The minimum atomic E-state index is -3.28. The summed E-state index contributed by atoms with van der Waals surface area (Å²) in [4.78, 5) is 5.47. The normalized spacial score (nSPS) is 17.4. The van der Waals surface area contributed by atoms with Crippen LogP contribution in [0.2, 0.25) is 0 Å². The molecule has 0 amide bonds. The summed E-state index contributed by atoms with van der Waals surface area (Å²) < 4.78 is 31.3. The molecule has 1 aromatic heterocycles. The first kappa shape index (κ1) is 18.1. The van der Waals surface area contributed by atoms with Crippen LogP contribution in [0.25, 0.3) is 0 Å². The van der Waals surface area contributed by atoms with Gasteiger partial charge in [0.05, 0.1) is 22.5 Å². The van der Waals surface area contributed by atoms with E-state index in [-0.39, 0.29) is 11.0 Å². The molecule has 6 heteroatoms. The van der Waals surface area contributed by atoms with Crippen LogP contribution in [0.5, 0.6) is 5.75 Å². The fourth-order valence-corrected chi connectivity index (χ4v) is 6.69. The van der Waals surface area contributed by atoms with Crippen LogP contribution in [0, 0.1) is 0 Å². The van der Waals surface area contributed by atoms with Crippen LogP contribution < -0.4 is 4.74 Å². The molecule has 1 aliphatic rings. The largest absolute Gasteiger partial charge is 0.493 e. The van der Waals surface area contributed by atoms with Gasteiger partial charge in [-0.15, -0.1) is 11.8 Å². The van der Waals surface area contributed by atoms with E-state index in [0.717, 1.165) is 22.4 Å². The summed E-state index contributed by atoms with van der Waals surface area (Å²) in [5, 5.41) is -0.162. The monoisotopic (exact) mass is 397 g/mol. The first-order valence-electron chi connectivity index (χ1n) is 8.72. The molecule has 0 radical (unpaired) electrons. The maximum Gasteiger partial charge on any atom is 0.180 e. The molecule has 4 nitrogen and oxygen atoms in total. The summed E-state index contributed by atoms with van der Waals surface area (Å²) in [6.07, 6.45) is 4.26. The molecule has 0 aliphatic carbocycles. The third-order valence-corrected chi connectivity index (χ3v) is 7.71. The molecule has 1 atom stereocenters. The Bertz CT molecular complexity index is 1020. The Labute approximate surface area is 163 Å². The highest BCUT2D eigenvalue weighted by Gasteiger charge is 2.37. The van der Waals surface area contributed by atoms with Crippen molar-refractivity contribution >= 4 is 21.6 Å². The molecule has 2 heterocycles. The SMILES string of the molecule is O=S1(=O)CC(Sc2ccccc2)c2c(OCCc3ccncc3)cccc21. The zero-order chi connectivity index (χ0) is 18.7. The van der Waals surface area contributed by atoms with Gasteiger partial charge in [0.1, 0.15) is 5.75 Å². The van der Waals surface area contributed by atoms with Gasteiger partial charge < -0.3 is 4.74 Å². The molecular formula is C21H19NO3S2. The summed E-state index contributed by atoms with van der Waals surface area (Å²) in [5.41, 5.74) is 1.93. The average molecular weight is 398 g/mol. The molecule has 0 saturated heterocycles. The number of nitrogens with zero attached hydrogens (tertiary/aromatic N) is 1. The number of sulfone groups is 1. The van der Waals surface area contributed by atoms with Crippen molar-refractivity contribution in [3.63, 3.8) is 0 Å². The quantitative estimate of drug-likeness (QED) is 0.620. The number of aromatic nitrogens is 1. The Morgan fingerprint density at radius 2 is 1.78 bits per heavy atom. The van der Waals surface area contributed by atoms with Gasteiger partial charge in [-0.3, -0.25) is 4.98 Å². The average Bonchev–Trinajstić information content (AvgIpc) is 2.94. The van der Waals surface area contributed by atoms with Crippen molar-refractivity contribution in [2.24, 2.45) is 0 Å². The molecule has 0 bridgehead atoms. The molecule has 2 aromatic carbocycles. The Morgan fingerprint density at radius 3 is 2.56 bits per heavy atom. The van der Waals surface area contributed by atoms with E-state index in [2.05, 4.69) is 4.98 Å². The number of benzene rings is 2. The summed E-state index contributed by atoms with van der Waals surface area (Å²) in [7, 11) is -3.28. The second-order valence-corrected chi connectivity index (χ2v) is 9.60. The molecule has 27 heavy (non-hydrogen) atoms. The summed E-state index contributed by atoms with van der Waals surface area (Å²) in [6.45, 7) is 0.489. The van der Waals surface area contributed by atoms with Gasteiger partial charge in [-0.05, 0) is 42.0 Å². The number of hydrogen-bond donors (Lipinski definition) is 0. The highest BCUT2D eigenvalue weighted by molar-refractivity contribution is 8.01. The summed E-state index contributed by atoms with van der Waals surface area (Å²) in [6, 6.07) is 19.1. The maximum absolute atomic E-state index is 12.6. The highest BCUT2D eigenvalue weighted by Crippen LogP contribution is 2.48. The molecule has 1 aliphatic heterocycles. The molecular weight excluding hydrogens is 378 g/mol. The fourth-order valence-electron chi connectivity index (χ4n) is 3.20. The number of pyridine rings is 1. The fraction of sp³-hybridized carbons (Fsp3) is 0.190. The molecule has 0 spiro atoms. The number of thioether (sulfide) groups is 1. The lowest BCUT2D eigenvalue weighted by atomic mass is 10.1. The number of hydrogen-bond acceptors (Lipinski definition) is 5. The Morgan fingerprint density at radius 1 is 1.00 bits per heavy atom. The van der Waals surface area contributed by atoms with Crippen LogP contribution in [0.3, 0.4) is 0 Å². The highest BCUT2D eigenvalue weighted by atomic mass is 32.2. The predicted molar refractivity (Wildman–Crippen MR) is 107 cm³/mol. The Kier molecular flexibility index (Phi) is 5.18. The lowest BCUT2D eigenvalue weighted by molar-refractivity contribution is 0.318. The van der Waals surface area contributed by atoms with E-state index in [4.69, 9.17) is 4.74 Å². The van der Waals surface area contributed by atoms with Crippen LogP contribution in [-0.4, -0.2) is 25.8 Å². The molecule has 0 saturated carbocycles. The van der Waals surface area contributed by atoms with Crippen LogP contribution >= 0.6 is 11.8 Å². The lowest BCUT2D eigenvalue weighted by Crippen LogP contribution is -2.04. The first-order chi connectivity index (χ1) is 13.1. The van der Waals surface area contributed by atoms with Crippen LogP contribution in [0.15, 0.2) is 82.8 Å². The summed E-state index contributed by atoms with van der Waals surface area (Å²) in [5.74, 6) is 0.767. The Balaban J connectivity index is 1.58. The second-order valence-electron chi connectivity index (χ2n) is 6.32. The van der Waals surface area contributed by atoms with Crippen LogP contribution in [0.1, 0.15) is 16.4 Å². The van der Waals surface area contributed by atoms with Crippen molar-refractivity contribution in [2.45, 2.75) is 21.5 Å². The number of rotatable bonds is 6. The number of fused-ring (bicyclic) bond motifs is 1. The zero-order valence-corrected chi connectivity index (χ0v) is 16.2. The van der Waals surface area contributed by atoms with Crippen LogP contribution in [-0.2, 0) is 16.3 Å². The van der Waals surface area contributed by atoms with E-state index in [1.807, 2.05) is 48.5 Å². The lowest BCUT2D eigenvalue weighted by Gasteiger charge is -2.15. The smallest absolute Gasteiger partial charge is 0.180 e. The molecule has 0 N–H and O–H groups in total. The van der Waals surface area contributed by atoms with E-state index in [1.165, 1.54) is 0 Å². The minimum absolute atomic E-state index is 0.104. The molecule has 3 aromatic rings. The summed E-state index contributed by atoms with van der Waals surface area (Å²) >= 11 is 1.57. The van der Waals surface area contributed by atoms with Gasteiger partial charge in [0.15, 0.2) is 9.84 Å². The van der Waals surface area contributed by atoms with E-state index >= 15 is 0 Å². The minimum Gasteiger partial charge on any atom is -0.493 e. The predicted octanol–water partition coefficient (Wildman–Crippen LogP) is 4.32. The second kappa shape index (κ2) is 7.74. The van der Waals surface area contributed by atoms with Crippen molar-refractivity contribution < 1.29 is 13.2 Å². The van der Waals surface area contributed by atoms with Gasteiger partial charge in [0.25, 0.3) is 0 Å². The molecule has 138 valence electrons. The number of ether oxygens (including phenoxy) is 1. The molecule has 0 fully saturated rings. The van der Waals surface area contributed by atoms with Crippen molar-refractivity contribution in [2.75, 3.05) is 12.4 Å². The third-order valence-electron chi connectivity index (χ3n) is 4.47. The van der Waals surface area contributed by atoms with Gasteiger partial charge >= 0.3 is 0 Å². The zero-order valence-electron chi connectivity index (χ0n) is 14.6. The van der Waals surface area contributed by atoms with Crippen molar-refractivity contribution in [1.29, 1.82) is 0 Å². The van der Waals surface area contributed by atoms with Gasteiger partial charge in [0, 0.05) is 29.3 Å². The van der Waals surface area contributed by atoms with Gasteiger partial charge in [-0.2, -0.15) is 0 Å². The van der Waals surface area contributed by atoms with Gasteiger partial charge in [-0.1, -0.05) is 24.3 Å². The van der Waals surface area contributed by atoms with Crippen molar-refractivity contribution in [3.8, 4) is 5.75 Å². The maximum atomic E-state index is 12.6. The van der Waals surface area contributed by atoms with Crippen molar-refractivity contribution in [3.05, 3.63) is 84.2 Å². The van der Waals surface area contributed by atoms with E-state index in [1.54, 1.807) is 36.3 Å². The van der Waals surface area contributed by atoms with E-state index < -0.39 is 9.84 Å². The van der Waals surface area contributed by atoms with E-state index in [9.17, 15) is 8.42 Å². The first-order valence-corrected chi connectivity index (χ1v) is 11.3. The van der Waals surface area contributed by atoms with Crippen LogP contribution in [0.4, 0.5) is 0 Å². The van der Waals surface area contributed by atoms with Gasteiger partial charge in [-0.25, -0.2) is 8.42 Å². The Hall–Kier alpha value is -2.31. The van der Waals surface area contributed by atoms with E-state index in [0.29, 0.717) is 17.3 Å². The standard InChI is InChI=1S/C21H19NO3S2/c23-27(24)15-19(26-17-5-2-1-3-6-17)21-18(7-4-8-20(21)27)25-14-11-16-9-12-22-13-10-16/h1-10,12-13,19H,11,14-15H2. The van der Waals surface area contributed by atoms with Gasteiger partial charge in [0.2, 0.25) is 0 Å². The molecule has 4 rings (SSSR count). The topological polar surface area (TPSA) is 56.3 Å². The van der Waals surface area contributed by atoms with Crippen molar-refractivity contribution in [1.82, 2.24) is 4.98 Å².